The maximum atomic E-state index is 11.5. The average Bonchev–Trinajstić information content (AvgIpc) is 2.73. The predicted octanol–water partition coefficient (Wildman–Crippen LogP) is 0.972. The van der Waals surface area contributed by atoms with Crippen LogP contribution in [0.1, 0.15) is 26.4 Å². The standard InChI is InChI=1S/C13H10N4O2/c18-12-10-2-1-8(5-11(10)13(19)17-12)16-7-9-6-14-3-4-15-9/h1-6,16H,7H2,(H,17,18,19). The van der Waals surface area contributed by atoms with Crippen molar-refractivity contribution in [2.75, 3.05) is 5.32 Å². The molecule has 2 aromatic rings. The lowest BCUT2D eigenvalue weighted by Gasteiger charge is -2.06. The molecule has 0 bridgehead atoms. The molecule has 0 aliphatic carbocycles. The van der Waals surface area contributed by atoms with Crippen LogP contribution in [0.15, 0.2) is 36.8 Å². The number of hydrogen-bond acceptors (Lipinski definition) is 5. The third-order valence-corrected chi connectivity index (χ3v) is 2.83. The number of anilines is 1. The molecule has 1 aromatic heterocycles. The number of fused-ring (bicyclic) bond motifs is 1. The lowest BCUT2D eigenvalue weighted by atomic mass is 10.1. The Morgan fingerprint density at radius 1 is 1.11 bits per heavy atom. The SMILES string of the molecule is O=C1NC(=O)c2cc(NCc3cnccn3)ccc21. The van der Waals surface area contributed by atoms with Gasteiger partial charge in [-0.2, -0.15) is 0 Å². The molecule has 2 heterocycles. The summed E-state index contributed by atoms with van der Waals surface area (Å²) in [6.07, 6.45) is 4.89. The molecule has 0 saturated carbocycles. The van der Waals surface area contributed by atoms with Crippen molar-refractivity contribution < 1.29 is 9.59 Å². The second-order valence-electron chi connectivity index (χ2n) is 4.09. The number of carbonyl (C=O) groups excluding carboxylic acids is 2. The van der Waals surface area contributed by atoms with Gasteiger partial charge in [0.25, 0.3) is 11.8 Å². The van der Waals surface area contributed by atoms with E-state index in [1.165, 1.54) is 0 Å². The van der Waals surface area contributed by atoms with Crippen molar-refractivity contribution in [2.45, 2.75) is 6.54 Å². The lowest BCUT2D eigenvalue weighted by Crippen LogP contribution is -2.19. The summed E-state index contributed by atoms with van der Waals surface area (Å²) in [5.74, 6) is -0.705. The summed E-state index contributed by atoms with van der Waals surface area (Å²) in [6.45, 7) is 0.502. The van der Waals surface area contributed by atoms with Crippen molar-refractivity contribution in [1.29, 1.82) is 0 Å². The number of nitrogens with zero attached hydrogens (tertiary/aromatic N) is 2. The van der Waals surface area contributed by atoms with Crippen LogP contribution in [0.4, 0.5) is 5.69 Å². The molecule has 0 spiro atoms. The van der Waals surface area contributed by atoms with Gasteiger partial charge in [0.1, 0.15) is 0 Å². The molecule has 2 N–H and O–H groups in total. The summed E-state index contributed by atoms with van der Waals surface area (Å²) < 4.78 is 0. The van der Waals surface area contributed by atoms with Gasteiger partial charge >= 0.3 is 0 Å². The van der Waals surface area contributed by atoms with Crippen LogP contribution < -0.4 is 10.6 Å². The van der Waals surface area contributed by atoms with Crippen molar-refractivity contribution in [1.82, 2.24) is 15.3 Å². The summed E-state index contributed by atoms with van der Waals surface area (Å²) in [7, 11) is 0. The van der Waals surface area contributed by atoms with Crippen molar-refractivity contribution in [3.05, 3.63) is 53.6 Å². The van der Waals surface area contributed by atoms with Crippen LogP contribution >= 0.6 is 0 Å². The summed E-state index contributed by atoms with van der Waals surface area (Å²) in [4.78, 5) is 31.0. The van der Waals surface area contributed by atoms with E-state index in [9.17, 15) is 9.59 Å². The highest BCUT2D eigenvalue weighted by Crippen LogP contribution is 2.20. The van der Waals surface area contributed by atoms with Crippen LogP contribution in [0.5, 0.6) is 0 Å². The second-order valence-corrected chi connectivity index (χ2v) is 4.09. The summed E-state index contributed by atoms with van der Waals surface area (Å²) in [5, 5.41) is 5.39. The molecule has 0 saturated heterocycles. The fourth-order valence-corrected chi connectivity index (χ4v) is 1.89. The Morgan fingerprint density at radius 3 is 2.74 bits per heavy atom. The number of rotatable bonds is 3. The number of imide groups is 1. The maximum absolute atomic E-state index is 11.5. The minimum atomic E-state index is -0.358. The van der Waals surface area contributed by atoms with E-state index in [-0.39, 0.29) is 11.8 Å². The monoisotopic (exact) mass is 254 g/mol. The van der Waals surface area contributed by atoms with Gasteiger partial charge in [-0.05, 0) is 18.2 Å². The zero-order valence-corrected chi connectivity index (χ0v) is 9.88. The fraction of sp³-hybridized carbons (Fsp3) is 0.0769. The number of benzene rings is 1. The Balaban J connectivity index is 1.78. The zero-order chi connectivity index (χ0) is 13.2. The van der Waals surface area contributed by atoms with Gasteiger partial charge < -0.3 is 5.32 Å². The Labute approximate surface area is 108 Å². The number of amides is 2. The third kappa shape index (κ3) is 2.15. The van der Waals surface area contributed by atoms with E-state index in [4.69, 9.17) is 0 Å². The maximum Gasteiger partial charge on any atom is 0.259 e. The van der Waals surface area contributed by atoms with Crippen LogP contribution in [0.3, 0.4) is 0 Å². The van der Waals surface area contributed by atoms with Gasteiger partial charge in [0, 0.05) is 18.1 Å². The van der Waals surface area contributed by atoms with Gasteiger partial charge in [-0.15, -0.1) is 0 Å². The number of nitrogens with one attached hydrogen (secondary N) is 2. The Morgan fingerprint density at radius 2 is 1.95 bits per heavy atom. The summed E-state index contributed by atoms with van der Waals surface area (Å²) in [5.41, 5.74) is 2.36. The number of hydrogen-bond donors (Lipinski definition) is 2. The minimum absolute atomic E-state index is 0.347. The lowest BCUT2D eigenvalue weighted by molar-refractivity contribution is 0.0879. The molecule has 94 valence electrons. The molecule has 3 rings (SSSR count). The summed E-state index contributed by atoms with van der Waals surface area (Å²) in [6, 6.07) is 5.05. The van der Waals surface area contributed by atoms with Crippen molar-refractivity contribution >= 4 is 17.5 Å². The Kier molecular flexibility index (Phi) is 2.68. The summed E-state index contributed by atoms with van der Waals surface area (Å²) >= 11 is 0. The quantitative estimate of drug-likeness (QED) is 0.797. The molecule has 6 heteroatoms. The zero-order valence-electron chi connectivity index (χ0n) is 9.88. The van der Waals surface area contributed by atoms with Gasteiger partial charge in [0.15, 0.2) is 0 Å². The highest BCUT2D eigenvalue weighted by Gasteiger charge is 2.26. The molecule has 1 aromatic carbocycles. The third-order valence-electron chi connectivity index (χ3n) is 2.83. The van der Waals surface area contributed by atoms with Gasteiger partial charge in [-0.1, -0.05) is 0 Å². The van der Waals surface area contributed by atoms with E-state index in [1.807, 2.05) is 0 Å². The van der Waals surface area contributed by atoms with Crippen molar-refractivity contribution in [2.24, 2.45) is 0 Å². The predicted molar refractivity (Wildman–Crippen MR) is 67.6 cm³/mol. The Bertz CT molecular complexity index is 655. The van der Waals surface area contributed by atoms with E-state index in [0.29, 0.717) is 17.7 Å². The molecule has 1 aliphatic rings. The highest BCUT2D eigenvalue weighted by molar-refractivity contribution is 6.21. The van der Waals surface area contributed by atoms with Crippen LogP contribution in [0, 0.1) is 0 Å². The first-order chi connectivity index (χ1) is 9.24. The Hall–Kier alpha value is -2.76. The minimum Gasteiger partial charge on any atom is -0.379 e. The first-order valence-electron chi connectivity index (χ1n) is 5.72. The molecule has 0 radical (unpaired) electrons. The molecule has 0 unspecified atom stereocenters. The molecule has 1 aliphatic heterocycles. The van der Waals surface area contributed by atoms with E-state index < -0.39 is 0 Å². The largest absolute Gasteiger partial charge is 0.379 e. The van der Waals surface area contributed by atoms with Crippen LogP contribution in [-0.4, -0.2) is 21.8 Å². The molecule has 0 atom stereocenters. The molecule has 6 nitrogen and oxygen atoms in total. The van der Waals surface area contributed by atoms with Crippen LogP contribution in [0.25, 0.3) is 0 Å². The molecule has 0 fully saturated rings. The highest BCUT2D eigenvalue weighted by atomic mass is 16.2. The van der Waals surface area contributed by atoms with E-state index in [0.717, 1.165) is 11.4 Å². The molecule has 2 amide bonds. The first-order valence-corrected chi connectivity index (χ1v) is 5.72. The van der Waals surface area contributed by atoms with Gasteiger partial charge in [0.05, 0.1) is 29.6 Å². The van der Waals surface area contributed by atoms with E-state index in [1.54, 1.807) is 36.8 Å². The smallest absolute Gasteiger partial charge is 0.259 e. The van der Waals surface area contributed by atoms with Crippen LogP contribution in [-0.2, 0) is 6.54 Å². The molecular weight excluding hydrogens is 244 g/mol. The van der Waals surface area contributed by atoms with E-state index >= 15 is 0 Å². The second kappa shape index (κ2) is 4.49. The topological polar surface area (TPSA) is 84.0 Å². The van der Waals surface area contributed by atoms with Crippen molar-refractivity contribution in [3.8, 4) is 0 Å². The fourth-order valence-electron chi connectivity index (χ4n) is 1.89. The van der Waals surface area contributed by atoms with Crippen molar-refractivity contribution in [3.63, 3.8) is 0 Å². The van der Waals surface area contributed by atoms with Gasteiger partial charge in [-0.25, -0.2) is 0 Å². The molecule has 19 heavy (non-hydrogen) atoms. The van der Waals surface area contributed by atoms with Gasteiger partial charge in [-0.3, -0.25) is 24.9 Å². The average molecular weight is 254 g/mol. The normalized spacial score (nSPS) is 13.1. The number of aromatic nitrogens is 2. The first kappa shape index (κ1) is 11.3. The molecular formula is C13H10N4O2. The van der Waals surface area contributed by atoms with Gasteiger partial charge in [0.2, 0.25) is 0 Å². The van der Waals surface area contributed by atoms with E-state index in [2.05, 4.69) is 20.6 Å². The van der Waals surface area contributed by atoms with Crippen LogP contribution in [0.2, 0.25) is 0 Å². The number of carbonyl (C=O) groups is 2.